The zero-order valence-corrected chi connectivity index (χ0v) is 15.5. The SMILES string of the molecule is CC1CCCN(Cc2cn3c(-c4cccc(Br)c4)nnc3s2)C1. The molecule has 3 heterocycles. The Balaban J connectivity index is 1.61. The Morgan fingerprint density at radius 2 is 2.26 bits per heavy atom. The molecule has 0 saturated carbocycles. The van der Waals surface area contributed by atoms with Crippen molar-refractivity contribution in [3.63, 3.8) is 0 Å². The predicted molar refractivity (Wildman–Crippen MR) is 97.7 cm³/mol. The van der Waals surface area contributed by atoms with Crippen LogP contribution in [0.25, 0.3) is 16.3 Å². The van der Waals surface area contributed by atoms with Crippen molar-refractivity contribution in [1.82, 2.24) is 19.5 Å². The standard InChI is InChI=1S/C17H19BrN4S/c1-12-4-3-7-21(9-12)10-15-11-22-16(19-20-17(22)23-15)13-5-2-6-14(18)8-13/h2,5-6,8,11-12H,3-4,7,9-10H2,1H3. The minimum atomic E-state index is 0.812. The Kier molecular flexibility index (Phi) is 4.22. The molecule has 120 valence electrons. The average Bonchev–Trinajstić information content (AvgIpc) is 3.07. The van der Waals surface area contributed by atoms with E-state index in [2.05, 4.69) is 60.7 Å². The van der Waals surface area contributed by atoms with Crippen molar-refractivity contribution >= 4 is 32.2 Å². The first-order chi connectivity index (χ1) is 11.2. The van der Waals surface area contributed by atoms with Gasteiger partial charge in [-0.1, -0.05) is 46.3 Å². The van der Waals surface area contributed by atoms with Gasteiger partial charge in [0.1, 0.15) is 0 Å². The first-order valence-corrected chi connectivity index (χ1v) is 9.62. The fraction of sp³-hybridized carbons (Fsp3) is 0.412. The number of piperidine rings is 1. The number of hydrogen-bond acceptors (Lipinski definition) is 4. The van der Waals surface area contributed by atoms with Crippen LogP contribution in [0.4, 0.5) is 0 Å². The second-order valence-corrected chi connectivity index (χ2v) is 8.38. The highest BCUT2D eigenvalue weighted by molar-refractivity contribution is 9.10. The maximum absolute atomic E-state index is 4.36. The van der Waals surface area contributed by atoms with Gasteiger partial charge >= 0.3 is 0 Å². The van der Waals surface area contributed by atoms with E-state index in [0.29, 0.717) is 0 Å². The normalized spacial score (nSPS) is 19.5. The van der Waals surface area contributed by atoms with Gasteiger partial charge in [0.05, 0.1) is 0 Å². The van der Waals surface area contributed by atoms with Gasteiger partial charge < -0.3 is 0 Å². The molecule has 0 N–H and O–H groups in total. The topological polar surface area (TPSA) is 33.4 Å². The second-order valence-electron chi connectivity index (χ2n) is 6.37. The van der Waals surface area contributed by atoms with E-state index in [1.165, 1.54) is 30.8 Å². The largest absolute Gasteiger partial charge is 0.298 e. The lowest BCUT2D eigenvalue weighted by Crippen LogP contribution is -2.33. The maximum atomic E-state index is 4.36. The number of hydrogen-bond donors (Lipinski definition) is 0. The lowest BCUT2D eigenvalue weighted by molar-refractivity contribution is 0.178. The number of halogens is 1. The van der Waals surface area contributed by atoms with Crippen molar-refractivity contribution in [2.24, 2.45) is 5.92 Å². The van der Waals surface area contributed by atoms with Gasteiger partial charge in [0.2, 0.25) is 4.96 Å². The van der Waals surface area contributed by atoms with Crippen LogP contribution in [-0.2, 0) is 6.54 Å². The van der Waals surface area contributed by atoms with Crippen LogP contribution in [0, 0.1) is 5.92 Å². The van der Waals surface area contributed by atoms with Crippen molar-refractivity contribution in [2.45, 2.75) is 26.3 Å². The first kappa shape index (κ1) is 15.3. The molecule has 1 aliphatic rings. The quantitative estimate of drug-likeness (QED) is 0.661. The molecule has 1 aromatic carbocycles. The van der Waals surface area contributed by atoms with Crippen LogP contribution in [0.15, 0.2) is 34.9 Å². The Bertz CT molecular complexity index is 825. The molecule has 1 aliphatic heterocycles. The highest BCUT2D eigenvalue weighted by atomic mass is 79.9. The molecule has 1 atom stereocenters. The van der Waals surface area contributed by atoms with Crippen LogP contribution in [0.1, 0.15) is 24.6 Å². The molecule has 23 heavy (non-hydrogen) atoms. The summed E-state index contributed by atoms with van der Waals surface area (Å²) in [7, 11) is 0. The Labute approximate surface area is 148 Å². The molecule has 0 aliphatic carbocycles. The van der Waals surface area contributed by atoms with Crippen LogP contribution < -0.4 is 0 Å². The summed E-state index contributed by atoms with van der Waals surface area (Å²) in [5.41, 5.74) is 1.09. The molecule has 0 amide bonds. The Morgan fingerprint density at radius 3 is 3.09 bits per heavy atom. The van der Waals surface area contributed by atoms with E-state index in [4.69, 9.17) is 0 Å². The van der Waals surface area contributed by atoms with Gasteiger partial charge in [0, 0.05) is 34.2 Å². The number of benzene rings is 1. The summed E-state index contributed by atoms with van der Waals surface area (Å²) in [6.07, 6.45) is 4.88. The molecule has 3 aromatic rings. The zero-order chi connectivity index (χ0) is 15.8. The molecule has 4 nitrogen and oxygen atoms in total. The molecule has 0 radical (unpaired) electrons. The Hall–Kier alpha value is -1.24. The summed E-state index contributed by atoms with van der Waals surface area (Å²) in [4.78, 5) is 4.89. The van der Waals surface area contributed by atoms with Crippen molar-refractivity contribution < 1.29 is 0 Å². The molecular formula is C17H19BrN4S. The molecule has 1 unspecified atom stereocenters. The van der Waals surface area contributed by atoms with Crippen molar-refractivity contribution in [3.8, 4) is 11.4 Å². The van der Waals surface area contributed by atoms with Gasteiger partial charge in [-0.05, 0) is 37.4 Å². The summed E-state index contributed by atoms with van der Waals surface area (Å²) >= 11 is 5.27. The number of fused-ring (bicyclic) bond motifs is 1. The van der Waals surface area contributed by atoms with Crippen LogP contribution in [0.5, 0.6) is 0 Å². The smallest absolute Gasteiger partial charge is 0.216 e. The van der Waals surface area contributed by atoms with E-state index in [1.54, 1.807) is 11.3 Å². The number of aromatic nitrogens is 3. The van der Waals surface area contributed by atoms with E-state index >= 15 is 0 Å². The summed E-state index contributed by atoms with van der Waals surface area (Å²) in [5.74, 6) is 1.72. The molecule has 1 fully saturated rings. The minimum Gasteiger partial charge on any atom is -0.298 e. The number of likely N-dealkylation sites (tertiary alicyclic amines) is 1. The average molecular weight is 391 g/mol. The highest BCUT2D eigenvalue weighted by Crippen LogP contribution is 2.27. The van der Waals surface area contributed by atoms with Crippen molar-refractivity contribution in [2.75, 3.05) is 13.1 Å². The van der Waals surface area contributed by atoms with Crippen molar-refractivity contribution in [3.05, 3.63) is 39.8 Å². The van der Waals surface area contributed by atoms with E-state index in [-0.39, 0.29) is 0 Å². The lowest BCUT2D eigenvalue weighted by Gasteiger charge is -2.30. The maximum Gasteiger partial charge on any atom is 0.216 e. The zero-order valence-electron chi connectivity index (χ0n) is 13.1. The van der Waals surface area contributed by atoms with Gasteiger partial charge in [0.15, 0.2) is 5.82 Å². The molecule has 0 bridgehead atoms. The van der Waals surface area contributed by atoms with Crippen LogP contribution in [0.3, 0.4) is 0 Å². The lowest BCUT2D eigenvalue weighted by atomic mass is 10.0. The fourth-order valence-corrected chi connectivity index (χ4v) is 4.66. The third kappa shape index (κ3) is 3.20. The minimum absolute atomic E-state index is 0.812. The Morgan fingerprint density at radius 1 is 1.35 bits per heavy atom. The monoisotopic (exact) mass is 390 g/mol. The van der Waals surface area contributed by atoms with Crippen LogP contribution in [0.2, 0.25) is 0 Å². The van der Waals surface area contributed by atoms with Gasteiger partial charge in [0.25, 0.3) is 0 Å². The van der Waals surface area contributed by atoms with E-state index in [1.807, 2.05) is 12.1 Å². The molecule has 0 spiro atoms. The molecule has 1 saturated heterocycles. The number of rotatable bonds is 3. The molecule has 4 rings (SSSR count). The van der Waals surface area contributed by atoms with E-state index < -0.39 is 0 Å². The summed E-state index contributed by atoms with van der Waals surface area (Å²) in [6.45, 7) is 5.79. The van der Waals surface area contributed by atoms with E-state index in [9.17, 15) is 0 Å². The van der Waals surface area contributed by atoms with Gasteiger partial charge in [-0.2, -0.15) is 0 Å². The number of nitrogens with zero attached hydrogens (tertiary/aromatic N) is 4. The van der Waals surface area contributed by atoms with Gasteiger partial charge in [-0.3, -0.25) is 9.30 Å². The second kappa shape index (κ2) is 6.34. The summed E-state index contributed by atoms with van der Waals surface area (Å²) < 4.78 is 3.18. The molecule has 2 aromatic heterocycles. The predicted octanol–water partition coefficient (Wildman–Crippen LogP) is 4.45. The van der Waals surface area contributed by atoms with Crippen LogP contribution in [-0.4, -0.2) is 32.6 Å². The molecular weight excluding hydrogens is 372 g/mol. The van der Waals surface area contributed by atoms with Gasteiger partial charge in [-0.15, -0.1) is 10.2 Å². The van der Waals surface area contributed by atoms with Crippen molar-refractivity contribution in [1.29, 1.82) is 0 Å². The molecule has 6 heteroatoms. The fourth-order valence-electron chi connectivity index (χ4n) is 3.30. The summed E-state index contributed by atoms with van der Waals surface area (Å²) in [6, 6.07) is 8.21. The third-order valence-electron chi connectivity index (χ3n) is 4.36. The third-order valence-corrected chi connectivity index (χ3v) is 5.81. The number of thiazole rings is 1. The van der Waals surface area contributed by atoms with E-state index in [0.717, 1.165) is 33.3 Å². The first-order valence-electron chi connectivity index (χ1n) is 8.01. The van der Waals surface area contributed by atoms with Crippen LogP contribution >= 0.6 is 27.3 Å². The summed E-state index contributed by atoms with van der Waals surface area (Å²) in [5, 5.41) is 8.71. The van der Waals surface area contributed by atoms with Gasteiger partial charge in [-0.25, -0.2) is 0 Å². The highest BCUT2D eigenvalue weighted by Gasteiger charge is 2.18.